The van der Waals surface area contributed by atoms with Crippen molar-refractivity contribution in [1.29, 1.82) is 0 Å². The third kappa shape index (κ3) is 4.33. The molecule has 0 radical (unpaired) electrons. The highest BCUT2D eigenvalue weighted by Crippen LogP contribution is 2.33. The van der Waals surface area contributed by atoms with Gasteiger partial charge in [-0.1, -0.05) is 20.8 Å². The molecule has 1 aliphatic rings. The van der Waals surface area contributed by atoms with Gasteiger partial charge in [-0.05, 0) is 25.2 Å². The molecule has 0 aromatic heterocycles. The predicted octanol–water partition coefficient (Wildman–Crippen LogP) is 1.78. The highest BCUT2D eigenvalue weighted by atomic mass is 16.5. The van der Waals surface area contributed by atoms with Crippen LogP contribution in [0.5, 0.6) is 0 Å². The average molecular weight is 300 g/mol. The highest BCUT2D eigenvalue weighted by molar-refractivity contribution is 5.86. The molecule has 6 heteroatoms. The summed E-state index contributed by atoms with van der Waals surface area (Å²) in [6.07, 6.45) is 0.934. The average Bonchev–Trinajstić information content (AvgIpc) is 2.92. The third-order valence-corrected chi connectivity index (χ3v) is 4.10. The van der Waals surface area contributed by atoms with Crippen LogP contribution in [0.15, 0.2) is 0 Å². The van der Waals surface area contributed by atoms with E-state index in [0.717, 1.165) is 19.4 Å². The minimum Gasteiger partial charge on any atom is -0.453 e. The third-order valence-electron chi connectivity index (χ3n) is 4.10. The zero-order valence-electron chi connectivity index (χ0n) is 13.9. The van der Waals surface area contributed by atoms with Crippen LogP contribution in [-0.4, -0.2) is 55.9 Å². The summed E-state index contributed by atoms with van der Waals surface area (Å²) in [7, 11) is 2.80. The summed E-state index contributed by atoms with van der Waals surface area (Å²) < 4.78 is 9.85. The van der Waals surface area contributed by atoms with Crippen molar-refractivity contribution in [3.05, 3.63) is 0 Å². The lowest BCUT2D eigenvalue weighted by Crippen LogP contribution is -2.56. The van der Waals surface area contributed by atoms with E-state index in [1.165, 1.54) is 14.2 Å². The fourth-order valence-corrected chi connectivity index (χ4v) is 2.81. The molecule has 3 atom stereocenters. The van der Waals surface area contributed by atoms with Crippen LogP contribution in [-0.2, 0) is 14.3 Å². The second kappa shape index (κ2) is 7.11. The molecule has 6 nitrogen and oxygen atoms in total. The zero-order chi connectivity index (χ0) is 16.2. The Labute approximate surface area is 127 Å². The Bertz CT molecular complexity index is 378. The van der Waals surface area contributed by atoms with Gasteiger partial charge < -0.3 is 19.7 Å². The summed E-state index contributed by atoms with van der Waals surface area (Å²) in [5.41, 5.74) is 0.0122. The molecule has 1 heterocycles. The predicted molar refractivity (Wildman–Crippen MR) is 80.0 cm³/mol. The van der Waals surface area contributed by atoms with Gasteiger partial charge in [0.1, 0.15) is 6.04 Å². The van der Waals surface area contributed by atoms with E-state index in [4.69, 9.17) is 4.74 Å². The normalized spacial score (nSPS) is 21.8. The number of hydrogen-bond acceptors (Lipinski definition) is 4. The maximum Gasteiger partial charge on any atom is 0.407 e. The molecule has 0 spiro atoms. The molecule has 1 saturated heterocycles. The number of carbonyl (C=O) groups excluding carboxylic acids is 2. The summed E-state index contributed by atoms with van der Waals surface area (Å²) in [5, 5.41) is 2.59. The van der Waals surface area contributed by atoms with E-state index in [2.05, 4.69) is 30.8 Å². The summed E-state index contributed by atoms with van der Waals surface area (Å²) in [6, 6.07) is -0.554. The summed E-state index contributed by atoms with van der Waals surface area (Å²) in [6.45, 7) is 8.88. The van der Waals surface area contributed by atoms with Crippen LogP contribution in [0, 0.1) is 5.41 Å². The number of likely N-dealkylation sites (tertiary alicyclic amines) is 1. The molecule has 1 fully saturated rings. The number of nitrogens with one attached hydrogen (secondary N) is 1. The standard InChI is InChI=1S/C15H28N2O4/c1-10(20-5)12(16-14(19)21-6)13(18)17-9-7-8-11(17)15(2,3)4/h10-12H,7-9H2,1-6H3,(H,16,19)/t10-,11?,12+/m1/s1. The van der Waals surface area contributed by atoms with Gasteiger partial charge in [0.05, 0.1) is 13.2 Å². The van der Waals surface area contributed by atoms with Gasteiger partial charge in [0.15, 0.2) is 0 Å². The fraction of sp³-hybridized carbons (Fsp3) is 0.867. The Kier molecular flexibility index (Phi) is 6.01. The second-order valence-corrected chi connectivity index (χ2v) is 6.61. The van der Waals surface area contributed by atoms with E-state index in [0.29, 0.717) is 0 Å². The lowest BCUT2D eigenvalue weighted by atomic mass is 9.85. The minimum absolute atomic E-state index is 0.0122. The molecule has 0 bridgehead atoms. The van der Waals surface area contributed by atoms with Gasteiger partial charge in [-0.3, -0.25) is 4.79 Å². The van der Waals surface area contributed by atoms with Crippen LogP contribution in [0.2, 0.25) is 0 Å². The van der Waals surface area contributed by atoms with Crippen LogP contribution in [0.25, 0.3) is 0 Å². The Morgan fingerprint density at radius 3 is 2.38 bits per heavy atom. The van der Waals surface area contributed by atoms with E-state index in [9.17, 15) is 9.59 Å². The van der Waals surface area contributed by atoms with Gasteiger partial charge in [-0.15, -0.1) is 0 Å². The maximum absolute atomic E-state index is 12.8. The number of nitrogens with zero attached hydrogens (tertiary/aromatic N) is 1. The Hall–Kier alpha value is -1.30. The number of methoxy groups -OCH3 is 2. The van der Waals surface area contributed by atoms with Crippen LogP contribution in [0.4, 0.5) is 4.79 Å². The number of carbonyl (C=O) groups is 2. The maximum atomic E-state index is 12.8. The van der Waals surface area contributed by atoms with Gasteiger partial charge in [-0.2, -0.15) is 0 Å². The smallest absolute Gasteiger partial charge is 0.407 e. The first kappa shape index (κ1) is 17.8. The molecular formula is C15H28N2O4. The van der Waals surface area contributed by atoms with E-state index in [1.54, 1.807) is 6.92 Å². The number of amides is 2. The van der Waals surface area contributed by atoms with Crippen molar-refractivity contribution in [3.63, 3.8) is 0 Å². The van der Waals surface area contributed by atoms with Crippen molar-refractivity contribution in [2.45, 2.75) is 58.7 Å². The number of rotatable bonds is 4. The summed E-state index contributed by atoms with van der Waals surface area (Å²) >= 11 is 0. The Balaban J connectivity index is 2.91. The molecule has 2 amide bonds. The van der Waals surface area contributed by atoms with Gasteiger partial charge in [-0.25, -0.2) is 4.79 Å². The van der Waals surface area contributed by atoms with Crippen LogP contribution < -0.4 is 5.32 Å². The first-order chi connectivity index (χ1) is 9.72. The number of alkyl carbamates (subject to hydrolysis) is 1. The van der Waals surface area contributed by atoms with Gasteiger partial charge in [0, 0.05) is 19.7 Å². The summed E-state index contributed by atoms with van der Waals surface area (Å²) in [5.74, 6) is -0.104. The van der Waals surface area contributed by atoms with Crippen molar-refractivity contribution in [3.8, 4) is 0 Å². The van der Waals surface area contributed by atoms with Crippen molar-refractivity contribution in [2.75, 3.05) is 20.8 Å². The molecule has 0 saturated carbocycles. The van der Waals surface area contributed by atoms with Gasteiger partial charge in [0.2, 0.25) is 5.91 Å². The quantitative estimate of drug-likeness (QED) is 0.859. The number of ether oxygens (including phenoxy) is 2. The minimum atomic E-state index is -0.731. The van der Waals surface area contributed by atoms with Crippen LogP contribution in [0.3, 0.4) is 0 Å². The molecule has 0 aromatic carbocycles. The monoisotopic (exact) mass is 300 g/mol. The first-order valence-corrected chi connectivity index (χ1v) is 7.40. The van der Waals surface area contributed by atoms with Crippen LogP contribution in [0.1, 0.15) is 40.5 Å². The van der Waals surface area contributed by atoms with Crippen molar-refractivity contribution < 1.29 is 19.1 Å². The lowest BCUT2D eigenvalue weighted by molar-refractivity contribution is -0.139. The van der Waals surface area contributed by atoms with Gasteiger partial charge in [0.25, 0.3) is 0 Å². The molecular weight excluding hydrogens is 272 g/mol. The van der Waals surface area contributed by atoms with Crippen LogP contribution >= 0.6 is 0 Å². The molecule has 21 heavy (non-hydrogen) atoms. The molecule has 1 unspecified atom stereocenters. The lowest BCUT2D eigenvalue weighted by Gasteiger charge is -2.37. The first-order valence-electron chi connectivity index (χ1n) is 7.40. The topological polar surface area (TPSA) is 67.9 Å². The Morgan fingerprint density at radius 1 is 1.29 bits per heavy atom. The van der Waals surface area contributed by atoms with Crippen molar-refractivity contribution >= 4 is 12.0 Å². The molecule has 1 aliphatic heterocycles. The van der Waals surface area contributed by atoms with Gasteiger partial charge >= 0.3 is 6.09 Å². The summed E-state index contributed by atoms with van der Waals surface area (Å²) in [4.78, 5) is 26.2. The fourth-order valence-electron chi connectivity index (χ4n) is 2.81. The van der Waals surface area contributed by atoms with Crippen molar-refractivity contribution in [1.82, 2.24) is 10.2 Å². The molecule has 0 aliphatic carbocycles. The highest BCUT2D eigenvalue weighted by Gasteiger charge is 2.41. The van der Waals surface area contributed by atoms with E-state index < -0.39 is 18.2 Å². The SMILES string of the molecule is COC(=O)N[C@H](C(=O)N1CCCC1C(C)(C)C)[C@@H](C)OC. The molecule has 1 N–H and O–H groups in total. The van der Waals surface area contributed by atoms with E-state index in [-0.39, 0.29) is 17.4 Å². The molecule has 1 rings (SSSR count). The van der Waals surface area contributed by atoms with E-state index in [1.807, 2.05) is 4.90 Å². The Morgan fingerprint density at radius 2 is 1.90 bits per heavy atom. The van der Waals surface area contributed by atoms with Crippen molar-refractivity contribution in [2.24, 2.45) is 5.41 Å². The molecule has 122 valence electrons. The second-order valence-electron chi connectivity index (χ2n) is 6.61. The zero-order valence-corrected chi connectivity index (χ0v) is 13.9. The largest absolute Gasteiger partial charge is 0.453 e. The molecule has 0 aromatic rings. The van der Waals surface area contributed by atoms with E-state index >= 15 is 0 Å². The number of hydrogen-bond donors (Lipinski definition) is 1.